The minimum Gasteiger partial charge on any atom is -0.394 e. The monoisotopic (exact) mass is 564 g/mol. The molecule has 212 valence electrons. The van der Waals surface area contributed by atoms with E-state index < -0.39 is 30.4 Å². The number of carbonyl (C=O) groups excluding carboxylic acids is 3. The molecule has 0 saturated heterocycles. The van der Waals surface area contributed by atoms with Crippen LogP contribution >= 0.6 is 11.3 Å². The number of Topliss-reactive ketones (excluding diaryl/α,β-unsaturated/α-hetero) is 1. The van der Waals surface area contributed by atoms with Crippen molar-refractivity contribution >= 4 is 34.6 Å². The third-order valence-corrected chi connectivity index (χ3v) is 8.30. The first-order chi connectivity index (χ1) is 19.1. The second-order valence-corrected chi connectivity index (χ2v) is 11.4. The molecule has 6 N–H and O–H groups in total. The number of anilines is 1. The van der Waals surface area contributed by atoms with E-state index in [0.29, 0.717) is 28.8 Å². The summed E-state index contributed by atoms with van der Waals surface area (Å²) < 4.78 is 0. The third kappa shape index (κ3) is 5.72. The van der Waals surface area contributed by atoms with Crippen LogP contribution in [0.5, 0.6) is 0 Å². The van der Waals surface area contributed by atoms with Crippen molar-refractivity contribution in [3.8, 4) is 11.1 Å². The molecule has 0 fully saturated rings. The highest BCUT2D eigenvalue weighted by atomic mass is 32.1. The van der Waals surface area contributed by atoms with Crippen LogP contribution in [-0.4, -0.2) is 58.6 Å². The molecule has 1 aliphatic heterocycles. The Kier molecular flexibility index (Phi) is 9.17. The summed E-state index contributed by atoms with van der Waals surface area (Å²) in [4.78, 5) is 42.7. The van der Waals surface area contributed by atoms with Gasteiger partial charge in [0.05, 0.1) is 30.0 Å². The number of carbonyl (C=O) groups is 3. The molecular weight excluding hydrogens is 528 g/mol. The average Bonchev–Trinajstić information content (AvgIpc) is 3.40. The van der Waals surface area contributed by atoms with Crippen molar-refractivity contribution in [2.45, 2.75) is 51.3 Å². The Balaban J connectivity index is 1.96. The van der Waals surface area contributed by atoms with E-state index in [4.69, 9.17) is 11.5 Å². The lowest BCUT2D eigenvalue weighted by Gasteiger charge is -2.33. The number of amides is 2. The maximum Gasteiger partial charge on any atom is 0.273 e. The van der Waals surface area contributed by atoms with Crippen molar-refractivity contribution in [1.82, 2.24) is 5.01 Å². The van der Waals surface area contributed by atoms with E-state index in [0.717, 1.165) is 4.88 Å². The lowest BCUT2D eigenvalue weighted by molar-refractivity contribution is -0.120. The highest BCUT2D eigenvalue weighted by molar-refractivity contribution is 7.10. The SMILES string of the molecule is CC(C)C(N)C(=O)c1c(C[C@H](O)CO)ccc(-c2ccccc2)c1C(=O)N(C)N1C(=O)CCC(N)c2sccc21. The van der Waals surface area contributed by atoms with Crippen LogP contribution in [0.15, 0.2) is 53.9 Å². The number of hydrazine groups is 1. The van der Waals surface area contributed by atoms with E-state index in [-0.39, 0.29) is 41.8 Å². The number of ketones is 1. The number of hydrogen-bond acceptors (Lipinski definition) is 8. The fourth-order valence-corrected chi connectivity index (χ4v) is 5.88. The Labute approximate surface area is 238 Å². The van der Waals surface area contributed by atoms with Crippen LogP contribution < -0.4 is 16.5 Å². The molecule has 4 rings (SSSR count). The van der Waals surface area contributed by atoms with E-state index in [1.807, 2.05) is 49.6 Å². The fourth-order valence-electron chi connectivity index (χ4n) is 4.96. The van der Waals surface area contributed by atoms with Gasteiger partial charge in [-0.2, -0.15) is 0 Å². The molecular formula is C30H36N4O5S. The van der Waals surface area contributed by atoms with E-state index in [9.17, 15) is 24.6 Å². The summed E-state index contributed by atoms with van der Waals surface area (Å²) in [6.07, 6.45) is -0.611. The van der Waals surface area contributed by atoms with Gasteiger partial charge in [0.1, 0.15) is 0 Å². The molecule has 0 bridgehead atoms. The predicted octanol–water partition coefficient (Wildman–Crippen LogP) is 3.29. The maximum absolute atomic E-state index is 14.5. The van der Waals surface area contributed by atoms with Gasteiger partial charge in [0.15, 0.2) is 5.78 Å². The lowest BCUT2D eigenvalue weighted by Crippen LogP contribution is -2.48. The van der Waals surface area contributed by atoms with Gasteiger partial charge in [0.25, 0.3) is 5.91 Å². The van der Waals surface area contributed by atoms with Crippen LogP contribution in [0.3, 0.4) is 0 Å². The van der Waals surface area contributed by atoms with Gasteiger partial charge in [0, 0.05) is 36.4 Å². The lowest BCUT2D eigenvalue weighted by atomic mass is 9.84. The Bertz CT molecular complexity index is 1390. The molecule has 9 nitrogen and oxygen atoms in total. The van der Waals surface area contributed by atoms with E-state index in [1.165, 1.54) is 28.4 Å². The molecule has 3 atom stereocenters. The van der Waals surface area contributed by atoms with Crippen molar-refractivity contribution in [1.29, 1.82) is 0 Å². The van der Waals surface area contributed by atoms with Crippen molar-refractivity contribution in [3.63, 3.8) is 0 Å². The Hall–Kier alpha value is -3.41. The van der Waals surface area contributed by atoms with Gasteiger partial charge in [-0.15, -0.1) is 11.3 Å². The summed E-state index contributed by atoms with van der Waals surface area (Å²) in [6.45, 7) is 3.12. The number of aliphatic hydroxyl groups excluding tert-OH is 2. The molecule has 0 spiro atoms. The zero-order valence-electron chi connectivity index (χ0n) is 22.9. The smallest absolute Gasteiger partial charge is 0.273 e. The first kappa shape index (κ1) is 29.6. The summed E-state index contributed by atoms with van der Waals surface area (Å²) in [5, 5.41) is 24.3. The first-order valence-electron chi connectivity index (χ1n) is 13.3. The van der Waals surface area contributed by atoms with E-state index in [1.54, 1.807) is 18.2 Å². The topological polar surface area (TPSA) is 150 Å². The van der Waals surface area contributed by atoms with Gasteiger partial charge >= 0.3 is 0 Å². The van der Waals surface area contributed by atoms with Crippen LogP contribution in [0, 0.1) is 5.92 Å². The van der Waals surface area contributed by atoms with E-state index >= 15 is 0 Å². The molecule has 2 unspecified atom stereocenters. The number of thiophene rings is 1. The number of nitrogens with two attached hydrogens (primary N) is 2. The maximum atomic E-state index is 14.5. The van der Waals surface area contributed by atoms with Crippen LogP contribution in [-0.2, 0) is 11.2 Å². The number of hydrogen-bond donors (Lipinski definition) is 4. The minimum atomic E-state index is -1.15. The minimum absolute atomic E-state index is 0.0619. The van der Waals surface area contributed by atoms with Gasteiger partial charge in [-0.05, 0) is 40.5 Å². The van der Waals surface area contributed by atoms with Gasteiger partial charge in [-0.3, -0.25) is 14.4 Å². The summed E-state index contributed by atoms with van der Waals surface area (Å²) >= 11 is 1.43. The molecule has 10 heteroatoms. The second kappa shape index (κ2) is 12.4. The quantitative estimate of drug-likeness (QED) is 0.291. The molecule has 0 aliphatic carbocycles. The zero-order valence-corrected chi connectivity index (χ0v) is 23.7. The highest BCUT2D eigenvalue weighted by Crippen LogP contribution is 2.38. The number of benzene rings is 2. The van der Waals surface area contributed by atoms with E-state index in [2.05, 4.69) is 0 Å². The number of fused-ring (bicyclic) bond motifs is 1. The van der Waals surface area contributed by atoms with Crippen molar-refractivity contribution < 1.29 is 24.6 Å². The second-order valence-electron chi connectivity index (χ2n) is 10.4. The molecule has 0 radical (unpaired) electrons. The van der Waals surface area contributed by atoms with Gasteiger partial charge in [-0.1, -0.05) is 56.3 Å². The van der Waals surface area contributed by atoms with Crippen molar-refractivity contribution in [3.05, 3.63) is 75.5 Å². The van der Waals surface area contributed by atoms with Gasteiger partial charge in [0.2, 0.25) is 5.91 Å². The number of rotatable bonds is 9. The zero-order chi connectivity index (χ0) is 29.1. The summed E-state index contributed by atoms with van der Waals surface area (Å²) in [5.41, 5.74) is 14.9. The standard InChI is InChI=1S/C30H36N4O5S/c1-17(2)27(32)28(38)25-19(15-20(36)16-35)9-10-21(18-7-5-4-6-8-18)26(25)30(39)33(3)34-23-13-14-40-29(23)22(31)11-12-24(34)37/h4-10,13-14,17,20,22,27,35-36H,11-12,15-16,31-32H2,1-3H3/t20-,22?,27?/m0/s1. The molecule has 1 aromatic heterocycles. The van der Waals surface area contributed by atoms with Crippen molar-refractivity contribution in [2.24, 2.45) is 17.4 Å². The first-order valence-corrected chi connectivity index (χ1v) is 14.2. The Morgan fingerprint density at radius 1 is 1.12 bits per heavy atom. The summed E-state index contributed by atoms with van der Waals surface area (Å²) in [6, 6.07) is 13.1. The summed E-state index contributed by atoms with van der Waals surface area (Å²) in [5.74, 6) is -1.56. The average molecular weight is 565 g/mol. The Morgan fingerprint density at radius 3 is 2.48 bits per heavy atom. The molecule has 2 heterocycles. The van der Waals surface area contributed by atoms with Crippen LogP contribution in [0.25, 0.3) is 11.1 Å². The van der Waals surface area contributed by atoms with Gasteiger partial charge < -0.3 is 21.7 Å². The van der Waals surface area contributed by atoms with Crippen LogP contribution in [0.4, 0.5) is 5.69 Å². The molecule has 1 aliphatic rings. The van der Waals surface area contributed by atoms with Crippen LogP contribution in [0.1, 0.15) is 63.9 Å². The molecule has 40 heavy (non-hydrogen) atoms. The molecule has 2 aromatic carbocycles. The predicted molar refractivity (Wildman–Crippen MR) is 156 cm³/mol. The molecule has 3 aromatic rings. The Morgan fingerprint density at radius 2 is 1.82 bits per heavy atom. The third-order valence-electron chi connectivity index (χ3n) is 7.26. The number of nitrogens with zero attached hydrogens (tertiary/aromatic N) is 2. The highest BCUT2D eigenvalue weighted by Gasteiger charge is 2.36. The fraction of sp³-hybridized carbons (Fsp3) is 0.367. The van der Waals surface area contributed by atoms with Crippen LogP contribution in [0.2, 0.25) is 0 Å². The number of aliphatic hydroxyl groups is 2. The summed E-state index contributed by atoms with van der Waals surface area (Å²) in [7, 11) is 1.50. The largest absolute Gasteiger partial charge is 0.394 e. The molecule has 0 saturated carbocycles. The van der Waals surface area contributed by atoms with Gasteiger partial charge in [-0.25, -0.2) is 10.0 Å². The van der Waals surface area contributed by atoms with Crippen molar-refractivity contribution in [2.75, 3.05) is 18.7 Å². The molecule has 2 amide bonds. The normalized spacial score (nSPS) is 16.9.